The summed E-state index contributed by atoms with van der Waals surface area (Å²) in [6.07, 6.45) is 0.783. The maximum Gasteiger partial charge on any atom is 0.246 e. The van der Waals surface area contributed by atoms with Crippen LogP contribution in [-0.2, 0) is 16.6 Å². The van der Waals surface area contributed by atoms with Gasteiger partial charge in [-0.25, -0.2) is 8.42 Å². The van der Waals surface area contributed by atoms with Gasteiger partial charge in [0.1, 0.15) is 4.90 Å². The molecule has 7 heteroatoms. The van der Waals surface area contributed by atoms with Crippen LogP contribution in [-0.4, -0.2) is 41.0 Å². The molecule has 0 aliphatic heterocycles. The van der Waals surface area contributed by atoms with Crippen molar-refractivity contribution in [3.8, 4) is 0 Å². The third-order valence-corrected chi connectivity index (χ3v) is 5.70. The second-order valence-corrected chi connectivity index (χ2v) is 7.33. The lowest BCUT2D eigenvalue weighted by atomic mass is 10.4. The van der Waals surface area contributed by atoms with E-state index < -0.39 is 10.0 Å². The van der Waals surface area contributed by atoms with E-state index in [-0.39, 0.29) is 6.04 Å². The maximum absolute atomic E-state index is 12.9. The van der Waals surface area contributed by atoms with Gasteiger partial charge in [-0.05, 0) is 34.1 Å². The molecule has 0 atom stereocenters. The summed E-state index contributed by atoms with van der Waals surface area (Å²) in [6, 6.07) is -0.0740. The van der Waals surface area contributed by atoms with Gasteiger partial charge in [0.05, 0.1) is 17.9 Å². The van der Waals surface area contributed by atoms with E-state index in [1.165, 1.54) is 4.31 Å². The third-order valence-electron chi connectivity index (χ3n) is 3.20. The number of rotatable bonds is 7. The van der Waals surface area contributed by atoms with Crippen LogP contribution in [0.2, 0.25) is 0 Å². The molecule has 0 aliphatic carbocycles. The summed E-state index contributed by atoms with van der Waals surface area (Å²) in [7, 11) is -3.51. The monoisotopic (exact) mass is 321 g/mol. The highest BCUT2D eigenvalue weighted by Crippen LogP contribution is 2.25. The maximum atomic E-state index is 12.9. The molecular weight excluding hydrogens is 298 g/mol. The average Bonchev–Trinajstić information content (AvgIpc) is 2.61. The Morgan fingerprint density at radius 2 is 1.95 bits per heavy atom. The van der Waals surface area contributed by atoms with Crippen molar-refractivity contribution in [1.82, 2.24) is 14.1 Å². The molecule has 0 radical (unpaired) electrons. The molecule has 0 saturated heterocycles. The molecule has 1 heterocycles. The second kappa shape index (κ2) is 6.91. The van der Waals surface area contributed by atoms with Crippen LogP contribution in [0.3, 0.4) is 0 Å². The Hall–Kier alpha value is -0.590. The van der Waals surface area contributed by atoms with Crippen LogP contribution in [0, 0.1) is 13.8 Å². The largest absolute Gasteiger partial charge is 0.267 e. The summed E-state index contributed by atoms with van der Waals surface area (Å²) in [5, 5.41) is 4.29. The van der Waals surface area contributed by atoms with Crippen LogP contribution in [0.15, 0.2) is 4.90 Å². The SMILES string of the molecule is CCCN(C(C)C)S(=O)(=O)c1c(C)nn(CCCl)c1C. The molecule has 0 fully saturated rings. The number of alkyl halides is 1. The summed E-state index contributed by atoms with van der Waals surface area (Å²) in [5.74, 6) is 0.407. The van der Waals surface area contributed by atoms with Crippen molar-refractivity contribution in [3.63, 3.8) is 0 Å². The fourth-order valence-corrected chi connectivity index (χ4v) is 4.61. The van der Waals surface area contributed by atoms with Gasteiger partial charge >= 0.3 is 0 Å². The fourth-order valence-electron chi connectivity index (χ4n) is 2.35. The van der Waals surface area contributed by atoms with Crippen molar-refractivity contribution in [2.24, 2.45) is 0 Å². The third kappa shape index (κ3) is 3.35. The molecule has 0 aliphatic rings. The standard InChI is InChI=1S/C13H24ClN3O2S/c1-6-8-17(10(2)3)20(18,19)13-11(4)15-16(9-7-14)12(13)5/h10H,6-9H2,1-5H3. The number of aromatic nitrogens is 2. The van der Waals surface area contributed by atoms with Crippen LogP contribution >= 0.6 is 11.6 Å². The Bertz CT molecular complexity index is 552. The molecule has 0 saturated carbocycles. The minimum atomic E-state index is -3.51. The van der Waals surface area contributed by atoms with E-state index in [9.17, 15) is 8.42 Å². The molecule has 0 N–H and O–H groups in total. The molecular formula is C13H24ClN3O2S. The molecule has 1 rings (SSSR count). The average molecular weight is 322 g/mol. The number of aryl methyl sites for hydroxylation is 2. The van der Waals surface area contributed by atoms with Crippen molar-refractivity contribution in [2.75, 3.05) is 12.4 Å². The summed E-state index contributed by atoms with van der Waals surface area (Å²) in [5.41, 5.74) is 1.19. The first-order valence-electron chi connectivity index (χ1n) is 6.89. The lowest BCUT2D eigenvalue weighted by molar-refractivity contribution is 0.353. The molecule has 1 aromatic rings. The topological polar surface area (TPSA) is 55.2 Å². The Morgan fingerprint density at radius 1 is 1.35 bits per heavy atom. The van der Waals surface area contributed by atoms with Gasteiger partial charge in [0.2, 0.25) is 10.0 Å². The first kappa shape index (κ1) is 17.5. The van der Waals surface area contributed by atoms with Gasteiger partial charge in [-0.3, -0.25) is 4.68 Å². The van der Waals surface area contributed by atoms with E-state index in [2.05, 4.69) is 5.10 Å². The molecule has 0 bridgehead atoms. The molecule has 0 amide bonds. The molecule has 116 valence electrons. The smallest absolute Gasteiger partial charge is 0.246 e. The van der Waals surface area contributed by atoms with Gasteiger partial charge in [-0.2, -0.15) is 9.40 Å². The normalized spacial score (nSPS) is 12.6. The zero-order valence-corrected chi connectivity index (χ0v) is 14.4. The lowest BCUT2D eigenvalue weighted by Crippen LogP contribution is -2.38. The van der Waals surface area contributed by atoms with E-state index in [0.29, 0.717) is 35.3 Å². The van der Waals surface area contributed by atoms with Crippen molar-refractivity contribution in [3.05, 3.63) is 11.4 Å². The Kier molecular flexibility index (Phi) is 6.04. The Morgan fingerprint density at radius 3 is 2.40 bits per heavy atom. The predicted octanol–water partition coefficient (Wildman–Crippen LogP) is 2.55. The highest BCUT2D eigenvalue weighted by Gasteiger charge is 2.31. The van der Waals surface area contributed by atoms with E-state index in [4.69, 9.17) is 11.6 Å². The van der Waals surface area contributed by atoms with Gasteiger partial charge in [-0.15, -0.1) is 11.6 Å². The fraction of sp³-hybridized carbons (Fsp3) is 0.769. The van der Waals surface area contributed by atoms with Gasteiger partial charge in [0.15, 0.2) is 0 Å². The summed E-state index contributed by atoms with van der Waals surface area (Å²) >= 11 is 5.73. The van der Waals surface area contributed by atoms with Crippen LogP contribution in [0.5, 0.6) is 0 Å². The van der Waals surface area contributed by atoms with Gasteiger partial charge in [-0.1, -0.05) is 6.92 Å². The minimum absolute atomic E-state index is 0.0740. The number of nitrogens with zero attached hydrogens (tertiary/aromatic N) is 3. The summed E-state index contributed by atoms with van der Waals surface area (Å²) in [6.45, 7) is 10.3. The quantitative estimate of drug-likeness (QED) is 0.725. The van der Waals surface area contributed by atoms with Gasteiger partial charge < -0.3 is 0 Å². The van der Waals surface area contributed by atoms with Crippen LogP contribution in [0.1, 0.15) is 38.6 Å². The number of halogens is 1. The number of hydrogen-bond donors (Lipinski definition) is 0. The molecule has 0 unspecified atom stereocenters. The Labute approximate surface area is 127 Å². The molecule has 20 heavy (non-hydrogen) atoms. The highest BCUT2D eigenvalue weighted by molar-refractivity contribution is 7.89. The van der Waals surface area contributed by atoms with Gasteiger partial charge in [0, 0.05) is 18.5 Å². The van der Waals surface area contributed by atoms with Crippen molar-refractivity contribution >= 4 is 21.6 Å². The number of sulfonamides is 1. The second-order valence-electron chi connectivity index (χ2n) is 5.12. The number of hydrogen-bond acceptors (Lipinski definition) is 3. The van der Waals surface area contributed by atoms with E-state index in [1.807, 2.05) is 20.8 Å². The zero-order valence-electron chi connectivity index (χ0n) is 12.9. The molecule has 0 spiro atoms. The highest BCUT2D eigenvalue weighted by atomic mass is 35.5. The predicted molar refractivity (Wildman–Crippen MR) is 81.7 cm³/mol. The van der Waals surface area contributed by atoms with Crippen LogP contribution in [0.4, 0.5) is 0 Å². The molecule has 0 aromatic carbocycles. The van der Waals surface area contributed by atoms with Crippen molar-refractivity contribution in [2.45, 2.75) is 58.5 Å². The Balaban J connectivity index is 3.34. The first-order chi connectivity index (χ1) is 9.27. The van der Waals surface area contributed by atoms with Gasteiger partial charge in [0.25, 0.3) is 0 Å². The first-order valence-corrected chi connectivity index (χ1v) is 8.86. The van der Waals surface area contributed by atoms with Crippen LogP contribution in [0.25, 0.3) is 0 Å². The van der Waals surface area contributed by atoms with E-state index in [1.54, 1.807) is 18.5 Å². The summed E-state index contributed by atoms with van der Waals surface area (Å²) in [4.78, 5) is 0.324. The van der Waals surface area contributed by atoms with E-state index in [0.717, 1.165) is 6.42 Å². The summed E-state index contributed by atoms with van der Waals surface area (Å²) < 4.78 is 28.9. The zero-order chi connectivity index (χ0) is 15.5. The van der Waals surface area contributed by atoms with E-state index >= 15 is 0 Å². The van der Waals surface area contributed by atoms with Crippen molar-refractivity contribution in [1.29, 1.82) is 0 Å². The molecule has 1 aromatic heterocycles. The lowest BCUT2D eigenvalue weighted by Gasteiger charge is -2.25. The van der Waals surface area contributed by atoms with Crippen LogP contribution < -0.4 is 0 Å². The minimum Gasteiger partial charge on any atom is -0.267 e. The molecule has 5 nitrogen and oxygen atoms in total. The van der Waals surface area contributed by atoms with Crippen molar-refractivity contribution < 1.29 is 8.42 Å².